The van der Waals surface area contributed by atoms with Gasteiger partial charge in [-0.2, -0.15) is 0 Å². The van der Waals surface area contributed by atoms with Crippen LogP contribution in [0.1, 0.15) is 44.1 Å². The first-order chi connectivity index (χ1) is 8.61. The summed E-state index contributed by atoms with van der Waals surface area (Å²) >= 11 is 5.75. The molecule has 2 unspecified atom stereocenters. The van der Waals surface area contributed by atoms with Crippen LogP contribution in [-0.4, -0.2) is 17.8 Å². The molecule has 0 amide bonds. The number of aliphatic hydroxyl groups excluding tert-OH is 1. The van der Waals surface area contributed by atoms with Crippen molar-refractivity contribution in [1.82, 2.24) is 0 Å². The topological polar surface area (TPSA) is 46.2 Å². The van der Waals surface area contributed by atoms with E-state index in [0.717, 1.165) is 19.3 Å². The first-order valence-corrected chi connectivity index (χ1v) is 6.81. The van der Waals surface area contributed by atoms with Crippen LogP contribution in [0.15, 0.2) is 18.2 Å². The van der Waals surface area contributed by atoms with Crippen molar-refractivity contribution in [2.24, 2.45) is 5.73 Å². The first-order valence-electron chi connectivity index (χ1n) is 6.43. The number of halogens is 2. The van der Waals surface area contributed by atoms with Crippen LogP contribution in [0.25, 0.3) is 0 Å². The van der Waals surface area contributed by atoms with Crippen LogP contribution in [-0.2, 0) is 0 Å². The Hall–Kier alpha value is -0.640. The molecule has 0 aromatic heterocycles. The van der Waals surface area contributed by atoms with Gasteiger partial charge in [0.15, 0.2) is 0 Å². The Morgan fingerprint density at radius 3 is 2.72 bits per heavy atom. The monoisotopic (exact) mass is 273 g/mol. The Balaban J connectivity index is 2.78. The van der Waals surface area contributed by atoms with Crippen LogP contribution in [0.2, 0.25) is 5.02 Å². The number of hydrogen-bond donors (Lipinski definition) is 2. The molecule has 0 radical (unpaired) electrons. The number of unbranched alkanes of at least 4 members (excludes halogenated alkanes) is 2. The zero-order valence-electron chi connectivity index (χ0n) is 10.7. The molecule has 3 N–H and O–H groups in total. The zero-order valence-corrected chi connectivity index (χ0v) is 11.5. The van der Waals surface area contributed by atoms with E-state index in [9.17, 15) is 9.50 Å². The number of benzene rings is 1. The highest BCUT2D eigenvalue weighted by molar-refractivity contribution is 6.30. The first kappa shape index (κ1) is 15.4. The van der Waals surface area contributed by atoms with E-state index in [2.05, 4.69) is 6.92 Å². The quantitative estimate of drug-likeness (QED) is 0.748. The van der Waals surface area contributed by atoms with Gasteiger partial charge >= 0.3 is 0 Å². The second-order valence-electron chi connectivity index (χ2n) is 4.55. The number of nitrogens with two attached hydrogens (primary N) is 1. The van der Waals surface area contributed by atoms with Crippen molar-refractivity contribution in [2.75, 3.05) is 6.54 Å². The molecule has 0 aliphatic heterocycles. The fraction of sp³-hybridized carbons (Fsp3) is 0.571. The Kier molecular flexibility index (Phi) is 6.61. The van der Waals surface area contributed by atoms with E-state index >= 15 is 0 Å². The van der Waals surface area contributed by atoms with Crippen molar-refractivity contribution in [3.8, 4) is 0 Å². The molecule has 0 saturated carbocycles. The van der Waals surface area contributed by atoms with Gasteiger partial charge in [0, 0.05) is 12.5 Å². The minimum atomic E-state index is -0.616. The van der Waals surface area contributed by atoms with E-state index in [0.29, 0.717) is 12.0 Å². The van der Waals surface area contributed by atoms with Gasteiger partial charge in [0.05, 0.1) is 11.1 Å². The zero-order chi connectivity index (χ0) is 13.5. The summed E-state index contributed by atoms with van der Waals surface area (Å²) in [7, 11) is 0. The molecule has 1 rings (SSSR count). The van der Waals surface area contributed by atoms with E-state index in [4.69, 9.17) is 17.3 Å². The molecule has 2 nitrogen and oxygen atoms in total. The smallest absolute Gasteiger partial charge is 0.145 e. The minimum absolute atomic E-state index is 0.0757. The van der Waals surface area contributed by atoms with Crippen molar-refractivity contribution in [1.29, 1.82) is 0 Å². The number of aliphatic hydroxyl groups is 1. The standard InChI is InChI=1S/C14H21ClFNO/c1-2-3-4-8-13(18)11(9-17)10-6-5-7-12(15)14(10)16/h5-7,11,13,18H,2-4,8-9,17H2,1H3. The van der Waals surface area contributed by atoms with E-state index in [-0.39, 0.29) is 17.5 Å². The highest BCUT2D eigenvalue weighted by atomic mass is 35.5. The normalized spacial score (nSPS) is 14.5. The predicted molar refractivity (Wildman–Crippen MR) is 73.4 cm³/mol. The molecular formula is C14H21ClFNO. The number of rotatable bonds is 7. The van der Waals surface area contributed by atoms with E-state index < -0.39 is 11.9 Å². The summed E-state index contributed by atoms with van der Waals surface area (Å²) in [6.07, 6.45) is 3.10. The van der Waals surface area contributed by atoms with Crippen LogP contribution < -0.4 is 5.73 Å². The maximum atomic E-state index is 13.9. The van der Waals surface area contributed by atoms with Crippen molar-refractivity contribution in [3.63, 3.8) is 0 Å². The molecular weight excluding hydrogens is 253 g/mol. The molecule has 0 fully saturated rings. The lowest BCUT2D eigenvalue weighted by molar-refractivity contribution is 0.131. The second kappa shape index (κ2) is 7.72. The van der Waals surface area contributed by atoms with Crippen LogP contribution in [0.3, 0.4) is 0 Å². The third kappa shape index (κ3) is 3.94. The van der Waals surface area contributed by atoms with Gasteiger partial charge in [0.1, 0.15) is 5.82 Å². The lowest BCUT2D eigenvalue weighted by Gasteiger charge is -2.22. The molecule has 4 heteroatoms. The summed E-state index contributed by atoms with van der Waals surface area (Å²) < 4.78 is 13.9. The van der Waals surface area contributed by atoms with Crippen LogP contribution in [0, 0.1) is 5.82 Å². The van der Waals surface area contributed by atoms with Gasteiger partial charge in [-0.05, 0) is 18.1 Å². The fourth-order valence-corrected chi connectivity index (χ4v) is 2.28. The van der Waals surface area contributed by atoms with Crippen molar-refractivity contribution < 1.29 is 9.50 Å². The molecule has 2 atom stereocenters. The molecule has 0 bridgehead atoms. The summed E-state index contributed by atoms with van der Waals surface area (Å²) in [5, 5.41) is 10.2. The molecule has 0 aliphatic rings. The Morgan fingerprint density at radius 2 is 2.11 bits per heavy atom. The molecule has 0 spiro atoms. The van der Waals surface area contributed by atoms with E-state index in [1.807, 2.05) is 0 Å². The van der Waals surface area contributed by atoms with Gasteiger partial charge in [-0.15, -0.1) is 0 Å². The van der Waals surface area contributed by atoms with Crippen molar-refractivity contribution in [2.45, 2.75) is 44.6 Å². The maximum absolute atomic E-state index is 13.9. The molecule has 0 heterocycles. The summed E-state index contributed by atoms with van der Waals surface area (Å²) in [5.74, 6) is -0.857. The summed E-state index contributed by atoms with van der Waals surface area (Å²) in [6.45, 7) is 2.31. The van der Waals surface area contributed by atoms with Crippen LogP contribution in [0.4, 0.5) is 4.39 Å². The second-order valence-corrected chi connectivity index (χ2v) is 4.96. The van der Waals surface area contributed by atoms with Gasteiger partial charge in [0.2, 0.25) is 0 Å². The summed E-state index contributed by atoms with van der Waals surface area (Å²) in [5.41, 5.74) is 6.07. The minimum Gasteiger partial charge on any atom is -0.392 e. The SMILES string of the molecule is CCCCCC(O)C(CN)c1cccc(Cl)c1F. The molecule has 18 heavy (non-hydrogen) atoms. The Labute approximate surface area is 113 Å². The molecule has 1 aromatic rings. The van der Waals surface area contributed by atoms with Gasteiger partial charge in [-0.3, -0.25) is 0 Å². The van der Waals surface area contributed by atoms with Crippen LogP contribution in [0.5, 0.6) is 0 Å². The predicted octanol–water partition coefficient (Wildman–Crippen LogP) is 3.46. The lowest BCUT2D eigenvalue weighted by Crippen LogP contribution is -2.26. The molecule has 102 valence electrons. The van der Waals surface area contributed by atoms with Crippen molar-refractivity contribution in [3.05, 3.63) is 34.6 Å². The highest BCUT2D eigenvalue weighted by Gasteiger charge is 2.23. The maximum Gasteiger partial charge on any atom is 0.145 e. The third-order valence-electron chi connectivity index (χ3n) is 3.20. The summed E-state index contributed by atoms with van der Waals surface area (Å²) in [6, 6.07) is 4.82. The van der Waals surface area contributed by atoms with E-state index in [1.54, 1.807) is 12.1 Å². The van der Waals surface area contributed by atoms with Gasteiger partial charge < -0.3 is 10.8 Å². The average Bonchev–Trinajstić information content (AvgIpc) is 2.36. The molecule has 0 aliphatic carbocycles. The number of hydrogen-bond acceptors (Lipinski definition) is 2. The van der Waals surface area contributed by atoms with Crippen molar-refractivity contribution >= 4 is 11.6 Å². The molecule has 1 aromatic carbocycles. The van der Waals surface area contributed by atoms with Crippen LogP contribution >= 0.6 is 11.6 Å². The largest absolute Gasteiger partial charge is 0.392 e. The van der Waals surface area contributed by atoms with Gasteiger partial charge in [0.25, 0.3) is 0 Å². The molecule has 0 saturated heterocycles. The fourth-order valence-electron chi connectivity index (χ4n) is 2.10. The Morgan fingerprint density at radius 1 is 1.39 bits per heavy atom. The van der Waals surface area contributed by atoms with Gasteiger partial charge in [-0.25, -0.2) is 4.39 Å². The average molecular weight is 274 g/mol. The highest BCUT2D eigenvalue weighted by Crippen LogP contribution is 2.28. The summed E-state index contributed by atoms with van der Waals surface area (Å²) in [4.78, 5) is 0. The van der Waals surface area contributed by atoms with E-state index in [1.165, 1.54) is 6.07 Å². The lowest BCUT2D eigenvalue weighted by atomic mass is 9.90. The Bertz CT molecular complexity index is 373. The van der Waals surface area contributed by atoms with Gasteiger partial charge in [-0.1, -0.05) is 49.9 Å². The third-order valence-corrected chi connectivity index (χ3v) is 3.49.